The second-order valence-electron chi connectivity index (χ2n) is 3.57. The van der Waals surface area contributed by atoms with Gasteiger partial charge in [0.15, 0.2) is 0 Å². The largest absolute Gasteiger partial charge is 0.416 e. The number of nitrogens with zero attached hydrogens (tertiary/aromatic N) is 1. The second kappa shape index (κ2) is 4.72. The molecule has 0 aromatic rings. The van der Waals surface area contributed by atoms with Gasteiger partial charge >= 0.3 is 6.18 Å². The molecule has 0 unspecified atom stereocenters. The van der Waals surface area contributed by atoms with Crippen LogP contribution in [-0.4, -0.2) is 24.8 Å². The third-order valence-electron chi connectivity index (χ3n) is 2.49. The van der Waals surface area contributed by atoms with Gasteiger partial charge in [-0.05, 0) is 24.6 Å². The van der Waals surface area contributed by atoms with Crippen LogP contribution in [0.1, 0.15) is 13.3 Å². The predicted molar refractivity (Wildman–Crippen MR) is 54.3 cm³/mol. The van der Waals surface area contributed by atoms with Crippen LogP contribution < -0.4 is 0 Å². The molecule has 0 spiro atoms. The van der Waals surface area contributed by atoms with E-state index in [-0.39, 0.29) is 6.42 Å². The fourth-order valence-electron chi connectivity index (χ4n) is 1.40. The van der Waals surface area contributed by atoms with Crippen molar-refractivity contribution in [2.45, 2.75) is 19.5 Å². The third-order valence-corrected chi connectivity index (χ3v) is 2.49. The van der Waals surface area contributed by atoms with Crippen LogP contribution in [-0.2, 0) is 0 Å². The highest BCUT2D eigenvalue weighted by atomic mass is 19.4. The van der Waals surface area contributed by atoms with Crippen molar-refractivity contribution in [3.05, 3.63) is 35.2 Å². The molecule has 5 heteroatoms. The van der Waals surface area contributed by atoms with Crippen LogP contribution in [0.3, 0.4) is 0 Å². The highest BCUT2D eigenvalue weighted by Gasteiger charge is 2.32. The molecule has 16 heavy (non-hydrogen) atoms. The molecule has 0 aromatic heterocycles. The van der Waals surface area contributed by atoms with Gasteiger partial charge in [-0.1, -0.05) is 0 Å². The smallest absolute Gasteiger partial charge is 0.354 e. The number of halogens is 4. The SMILES string of the molecule is CC1=C(CCF)C=C(C(F)(F)F)C=CN1C. The first-order valence-electron chi connectivity index (χ1n) is 4.82. The average molecular weight is 235 g/mol. The summed E-state index contributed by atoms with van der Waals surface area (Å²) in [5, 5.41) is 0. The molecule has 0 saturated heterocycles. The van der Waals surface area contributed by atoms with Gasteiger partial charge in [-0.15, -0.1) is 0 Å². The molecular formula is C11H13F4N. The van der Waals surface area contributed by atoms with E-state index in [1.54, 1.807) is 18.9 Å². The zero-order valence-corrected chi connectivity index (χ0v) is 9.11. The summed E-state index contributed by atoms with van der Waals surface area (Å²) < 4.78 is 49.9. The van der Waals surface area contributed by atoms with Crippen molar-refractivity contribution in [3.8, 4) is 0 Å². The molecule has 1 aliphatic rings. The van der Waals surface area contributed by atoms with E-state index in [4.69, 9.17) is 0 Å². The second-order valence-corrected chi connectivity index (χ2v) is 3.57. The van der Waals surface area contributed by atoms with Gasteiger partial charge < -0.3 is 4.90 Å². The van der Waals surface area contributed by atoms with Gasteiger partial charge in [-0.25, -0.2) is 0 Å². The molecule has 1 nitrogen and oxygen atoms in total. The summed E-state index contributed by atoms with van der Waals surface area (Å²) in [5.74, 6) is 0. The van der Waals surface area contributed by atoms with Gasteiger partial charge in [0, 0.05) is 25.4 Å². The van der Waals surface area contributed by atoms with E-state index in [9.17, 15) is 17.6 Å². The van der Waals surface area contributed by atoms with Crippen molar-refractivity contribution >= 4 is 0 Å². The van der Waals surface area contributed by atoms with Crippen molar-refractivity contribution in [1.82, 2.24) is 4.90 Å². The topological polar surface area (TPSA) is 3.24 Å². The summed E-state index contributed by atoms with van der Waals surface area (Å²) >= 11 is 0. The Morgan fingerprint density at radius 2 is 1.94 bits per heavy atom. The minimum atomic E-state index is -4.40. The van der Waals surface area contributed by atoms with Crippen LogP contribution in [0.2, 0.25) is 0 Å². The van der Waals surface area contributed by atoms with E-state index >= 15 is 0 Å². The molecule has 0 aromatic carbocycles. The molecule has 90 valence electrons. The van der Waals surface area contributed by atoms with E-state index in [0.717, 1.165) is 12.2 Å². The van der Waals surface area contributed by atoms with E-state index in [0.29, 0.717) is 11.3 Å². The lowest BCUT2D eigenvalue weighted by molar-refractivity contribution is -0.0882. The first-order valence-corrected chi connectivity index (χ1v) is 4.82. The highest BCUT2D eigenvalue weighted by molar-refractivity contribution is 5.38. The average Bonchev–Trinajstić information content (AvgIpc) is 2.31. The molecule has 1 heterocycles. The molecule has 1 rings (SSSR count). The quantitative estimate of drug-likeness (QED) is 0.661. The molecule has 0 bridgehead atoms. The number of alkyl halides is 4. The highest BCUT2D eigenvalue weighted by Crippen LogP contribution is 2.31. The molecular weight excluding hydrogens is 222 g/mol. The monoisotopic (exact) mass is 235 g/mol. The summed E-state index contributed by atoms with van der Waals surface area (Å²) in [6.45, 7) is 1.01. The fourth-order valence-corrected chi connectivity index (χ4v) is 1.40. The first-order chi connectivity index (χ1) is 7.36. The Kier molecular flexibility index (Phi) is 3.78. The van der Waals surface area contributed by atoms with Crippen LogP contribution in [0.5, 0.6) is 0 Å². The minimum Gasteiger partial charge on any atom is -0.354 e. The van der Waals surface area contributed by atoms with E-state index < -0.39 is 18.4 Å². The molecule has 0 aliphatic carbocycles. The van der Waals surface area contributed by atoms with Crippen LogP contribution in [0.4, 0.5) is 17.6 Å². The lowest BCUT2D eigenvalue weighted by Gasteiger charge is -2.16. The maximum atomic E-state index is 12.5. The van der Waals surface area contributed by atoms with Crippen LogP contribution in [0, 0.1) is 0 Å². The number of hydrogen-bond acceptors (Lipinski definition) is 1. The standard InChI is InChI=1S/C11H13F4N/c1-8-9(3-5-12)7-10(11(13,14)15)4-6-16(8)2/h4,6-7H,3,5H2,1-2H3. The Labute approximate surface area is 91.7 Å². The summed E-state index contributed by atoms with van der Waals surface area (Å²) in [5.41, 5.74) is 0.259. The van der Waals surface area contributed by atoms with Crippen molar-refractivity contribution in [2.75, 3.05) is 13.7 Å². The Balaban J connectivity index is 3.15. The lowest BCUT2D eigenvalue weighted by atomic mass is 10.1. The normalized spacial score (nSPS) is 17.6. The zero-order chi connectivity index (χ0) is 12.3. The molecule has 0 fully saturated rings. The molecule has 0 saturated carbocycles. The van der Waals surface area contributed by atoms with Crippen molar-refractivity contribution in [3.63, 3.8) is 0 Å². The van der Waals surface area contributed by atoms with Gasteiger partial charge in [-0.3, -0.25) is 4.39 Å². The van der Waals surface area contributed by atoms with Gasteiger partial charge in [0.2, 0.25) is 0 Å². The van der Waals surface area contributed by atoms with Crippen LogP contribution in [0.25, 0.3) is 0 Å². The molecule has 0 atom stereocenters. The van der Waals surface area contributed by atoms with E-state index in [2.05, 4.69) is 0 Å². The van der Waals surface area contributed by atoms with Crippen molar-refractivity contribution < 1.29 is 17.6 Å². The molecule has 1 aliphatic heterocycles. The Hall–Kier alpha value is -1.26. The van der Waals surface area contributed by atoms with E-state index in [1.165, 1.54) is 6.20 Å². The number of allylic oxidation sites excluding steroid dienone is 5. The third kappa shape index (κ3) is 2.87. The van der Waals surface area contributed by atoms with Gasteiger partial charge in [-0.2, -0.15) is 13.2 Å². The van der Waals surface area contributed by atoms with Crippen LogP contribution in [0.15, 0.2) is 35.2 Å². The van der Waals surface area contributed by atoms with Gasteiger partial charge in [0.25, 0.3) is 0 Å². The number of hydrogen-bond donors (Lipinski definition) is 0. The summed E-state index contributed by atoms with van der Waals surface area (Å²) in [6, 6.07) is 0. The first kappa shape index (κ1) is 12.8. The van der Waals surface area contributed by atoms with Crippen molar-refractivity contribution in [1.29, 1.82) is 0 Å². The molecule has 0 amide bonds. The maximum Gasteiger partial charge on any atom is 0.416 e. The summed E-state index contributed by atoms with van der Waals surface area (Å²) in [6.07, 6.45) is -1.06. The molecule has 0 radical (unpaired) electrons. The Morgan fingerprint density at radius 1 is 1.31 bits per heavy atom. The van der Waals surface area contributed by atoms with Crippen molar-refractivity contribution in [2.24, 2.45) is 0 Å². The summed E-state index contributed by atoms with van der Waals surface area (Å²) in [7, 11) is 1.64. The minimum absolute atomic E-state index is 0.00255. The van der Waals surface area contributed by atoms with Gasteiger partial charge in [0.1, 0.15) is 0 Å². The van der Waals surface area contributed by atoms with E-state index in [1.807, 2.05) is 0 Å². The summed E-state index contributed by atoms with van der Waals surface area (Å²) in [4.78, 5) is 1.56. The Bertz CT molecular complexity index is 349. The zero-order valence-electron chi connectivity index (χ0n) is 9.11. The molecule has 0 N–H and O–H groups in total. The predicted octanol–water partition coefficient (Wildman–Crippen LogP) is 3.57. The lowest BCUT2D eigenvalue weighted by Crippen LogP contribution is -2.10. The number of rotatable bonds is 2. The maximum absolute atomic E-state index is 12.5. The fraction of sp³-hybridized carbons (Fsp3) is 0.455. The van der Waals surface area contributed by atoms with Crippen LogP contribution >= 0.6 is 0 Å². The van der Waals surface area contributed by atoms with Gasteiger partial charge in [0.05, 0.1) is 12.2 Å². The Morgan fingerprint density at radius 3 is 2.44 bits per heavy atom.